The van der Waals surface area contributed by atoms with Crippen molar-refractivity contribution < 1.29 is 9.90 Å². The van der Waals surface area contributed by atoms with Crippen molar-refractivity contribution >= 4 is 17.5 Å². The molecule has 1 aliphatic heterocycles. The van der Waals surface area contributed by atoms with E-state index in [1.54, 1.807) is 4.90 Å². The van der Waals surface area contributed by atoms with Crippen LogP contribution in [0.1, 0.15) is 46.6 Å². The van der Waals surface area contributed by atoms with E-state index >= 15 is 0 Å². The number of nitrogens with zero attached hydrogens (tertiary/aromatic N) is 2. The molecule has 0 bridgehead atoms. The van der Waals surface area contributed by atoms with Crippen LogP contribution in [0.25, 0.3) is 0 Å². The van der Waals surface area contributed by atoms with Gasteiger partial charge in [-0.2, -0.15) is 0 Å². The van der Waals surface area contributed by atoms with Gasteiger partial charge in [0.2, 0.25) is 0 Å². The van der Waals surface area contributed by atoms with Crippen molar-refractivity contribution in [3.63, 3.8) is 0 Å². The highest BCUT2D eigenvalue weighted by molar-refractivity contribution is 5.66. The smallest absolute Gasteiger partial charge is 0.407 e. The fourth-order valence-corrected chi connectivity index (χ4v) is 3.51. The largest absolute Gasteiger partial charge is 0.465 e. The third-order valence-corrected chi connectivity index (χ3v) is 4.87. The lowest BCUT2D eigenvalue weighted by Gasteiger charge is -2.46. The van der Waals surface area contributed by atoms with Crippen molar-refractivity contribution in [2.24, 2.45) is 5.41 Å². The summed E-state index contributed by atoms with van der Waals surface area (Å²) in [5.41, 5.74) is 9.16. The maximum Gasteiger partial charge on any atom is 0.407 e. The number of nitrogen functional groups attached to an aromatic ring is 1. The van der Waals surface area contributed by atoms with E-state index in [0.29, 0.717) is 6.54 Å². The lowest BCUT2D eigenvalue weighted by atomic mass is 9.83. The van der Waals surface area contributed by atoms with Gasteiger partial charge in [-0.05, 0) is 55.9 Å². The van der Waals surface area contributed by atoms with Crippen LogP contribution < -0.4 is 10.6 Å². The lowest BCUT2D eigenvalue weighted by molar-refractivity contribution is 0.116. The van der Waals surface area contributed by atoms with E-state index in [0.717, 1.165) is 25.1 Å². The molecule has 24 heavy (non-hydrogen) atoms. The van der Waals surface area contributed by atoms with Crippen molar-refractivity contribution in [2.75, 3.05) is 23.7 Å². The number of aryl methyl sites for hydroxylation is 1. The SMILES string of the molecule is CC(C)N(CC(N1CCCc2cc(N)ccc21)C(C)(C)C)C(=O)O. The zero-order valence-electron chi connectivity index (χ0n) is 15.5. The van der Waals surface area contributed by atoms with E-state index in [1.807, 2.05) is 19.9 Å². The van der Waals surface area contributed by atoms with Gasteiger partial charge in [-0.1, -0.05) is 20.8 Å². The first kappa shape index (κ1) is 18.4. The molecule has 5 heteroatoms. The van der Waals surface area contributed by atoms with Crippen molar-refractivity contribution in [3.05, 3.63) is 23.8 Å². The van der Waals surface area contributed by atoms with Gasteiger partial charge in [0.15, 0.2) is 0 Å². The zero-order valence-corrected chi connectivity index (χ0v) is 15.5. The van der Waals surface area contributed by atoms with E-state index in [2.05, 4.69) is 37.8 Å². The lowest BCUT2D eigenvalue weighted by Crippen LogP contribution is -2.54. The normalized spacial score (nSPS) is 16.0. The number of amides is 1. The van der Waals surface area contributed by atoms with Crippen molar-refractivity contribution in [3.8, 4) is 0 Å². The molecule has 0 saturated heterocycles. The van der Waals surface area contributed by atoms with Crippen LogP contribution in [-0.4, -0.2) is 41.3 Å². The Morgan fingerprint density at radius 1 is 1.38 bits per heavy atom. The molecule has 2 rings (SSSR count). The van der Waals surface area contributed by atoms with Crippen molar-refractivity contribution in [1.29, 1.82) is 0 Å². The molecular formula is C19H31N3O2. The standard InChI is InChI=1S/C19H31N3O2/c1-13(2)22(18(23)24)12-17(19(3,4)5)21-10-6-7-14-11-15(20)8-9-16(14)21/h8-9,11,13,17H,6-7,10,12,20H2,1-5H3,(H,23,24). The molecule has 0 aliphatic carbocycles. The molecule has 134 valence electrons. The highest BCUT2D eigenvalue weighted by atomic mass is 16.4. The summed E-state index contributed by atoms with van der Waals surface area (Å²) < 4.78 is 0. The molecule has 0 fully saturated rings. The van der Waals surface area contributed by atoms with Crippen LogP contribution in [0, 0.1) is 5.41 Å². The van der Waals surface area contributed by atoms with Crippen LogP contribution >= 0.6 is 0 Å². The Kier molecular flexibility index (Phi) is 5.31. The van der Waals surface area contributed by atoms with Crippen LogP contribution in [0.2, 0.25) is 0 Å². The van der Waals surface area contributed by atoms with Crippen LogP contribution in [-0.2, 0) is 6.42 Å². The predicted octanol–water partition coefficient (Wildman–Crippen LogP) is 3.82. The third kappa shape index (κ3) is 3.94. The molecule has 0 aromatic heterocycles. The quantitative estimate of drug-likeness (QED) is 0.822. The minimum absolute atomic E-state index is 0.0389. The second-order valence-corrected chi connectivity index (χ2v) is 8.10. The third-order valence-electron chi connectivity index (χ3n) is 4.87. The molecule has 1 heterocycles. The van der Waals surface area contributed by atoms with Crippen molar-refractivity contribution in [1.82, 2.24) is 4.90 Å². The first-order valence-corrected chi connectivity index (χ1v) is 8.76. The monoisotopic (exact) mass is 333 g/mol. The van der Waals surface area contributed by atoms with Gasteiger partial charge in [0.05, 0.1) is 6.04 Å². The number of anilines is 2. The Hall–Kier alpha value is -1.91. The van der Waals surface area contributed by atoms with Gasteiger partial charge in [-0.15, -0.1) is 0 Å². The Morgan fingerprint density at radius 3 is 2.58 bits per heavy atom. The highest BCUT2D eigenvalue weighted by Crippen LogP contribution is 2.36. The molecule has 3 N–H and O–H groups in total. The molecule has 1 aromatic carbocycles. The van der Waals surface area contributed by atoms with Gasteiger partial charge in [0.25, 0.3) is 0 Å². The van der Waals surface area contributed by atoms with Gasteiger partial charge >= 0.3 is 6.09 Å². The fraction of sp³-hybridized carbons (Fsp3) is 0.632. The first-order valence-electron chi connectivity index (χ1n) is 8.76. The average molecular weight is 333 g/mol. The van der Waals surface area contributed by atoms with Gasteiger partial charge in [-0.3, -0.25) is 0 Å². The number of hydrogen-bond donors (Lipinski definition) is 2. The summed E-state index contributed by atoms with van der Waals surface area (Å²) in [6, 6.07) is 6.15. The summed E-state index contributed by atoms with van der Waals surface area (Å²) in [6.07, 6.45) is 1.24. The Morgan fingerprint density at radius 2 is 2.04 bits per heavy atom. The van der Waals surface area contributed by atoms with Gasteiger partial charge in [-0.25, -0.2) is 4.79 Å². The molecular weight excluding hydrogens is 302 g/mol. The van der Waals surface area contributed by atoms with E-state index in [9.17, 15) is 9.90 Å². The van der Waals surface area contributed by atoms with E-state index in [1.165, 1.54) is 11.3 Å². The molecule has 0 saturated carbocycles. The van der Waals surface area contributed by atoms with Gasteiger partial charge in [0, 0.05) is 30.5 Å². The average Bonchev–Trinajstić information content (AvgIpc) is 2.45. The number of benzene rings is 1. The number of rotatable bonds is 4. The minimum Gasteiger partial charge on any atom is -0.465 e. The Labute approximate surface area is 145 Å². The maximum absolute atomic E-state index is 11.7. The molecule has 1 aliphatic rings. The number of carboxylic acid groups (broad SMARTS) is 1. The topological polar surface area (TPSA) is 69.8 Å². The molecule has 1 unspecified atom stereocenters. The number of fused-ring (bicyclic) bond motifs is 1. The second kappa shape index (κ2) is 6.91. The van der Waals surface area contributed by atoms with Crippen LogP contribution in [0.5, 0.6) is 0 Å². The molecule has 0 spiro atoms. The van der Waals surface area contributed by atoms with Gasteiger partial charge < -0.3 is 20.6 Å². The number of carbonyl (C=O) groups is 1. The predicted molar refractivity (Wildman–Crippen MR) is 99.6 cm³/mol. The van der Waals surface area contributed by atoms with Crippen LogP contribution in [0.4, 0.5) is 16.2 Å². The fourth-order valence-electron chi connectivity index (χ4n) is 3.51. The maximum atomic E-state index is 11.7. The van der Waals surface area contributed by atoms with Gasteiger partial charge in [0.1, 0.15) is 0 Å². The molecule has 0 radical (unpaired) electrons. The Bertz CT molecular complexity index is 593. The second-order valence-electron chi connectivity index (χ2n) is 8.10. The Balaban J connectivity index is 2.38. The van der Waals surface area contributed by atoms with E-state index in [-0.39, 0.29) is 17.5 Å². The molecule has 1 aromatic rings. The van der Waals surface area contributed by atoms with E-state index in [4.69, 9.17) is 5.73 Å². The summed E-state index contributed by atoms with van der Waals surface area (Å²) in [7, 11) is 0. The number of hydrogen-bond acceptors (Lipinski definition) is 3. The van der Waals surface area contributed by atoms with Crippen LogP contribution in [0.3, 0.4) is 0 Å². The first-order chi connectivity index (χ1) is 11.1. The summed E-state index contributed by atoms with van der Waals surface area (Å²) >= 11 is 0. The highest BCUT2D eigenvalue weighted by Gasteiger charge is 2.36. The summed E-state index contributed by atoms with van der Waals surface area (Å²) in [6.45, 7) is 11.9. The van der Waals surface area contributed by atoms with Crippen LogP contribution in [0.15, 0.2) is 18.2 Å². The number of nitrogens with two attached hydrogens (primary N) is 1. The summed E-state index contributed by atoms with van der Waals surface area (Å²) in [5, 5.41) is 9.58. The molecule has 5 nitrogen and oxygen atoms in total. The summed E-state index contributed by atoms with van der Waals surface area (Å²) in [5.74, 6) is 0. The van der Waals surface area contributed by atoms with E-state index < -0.39 is 6.09 Å². The molecule has 1 amide bonds. The zero-order chi connectivity index (χ0) is 18.1. The summed E-state index contributed by atoms with van der Waals surface area (Å²) in [4.78, 5) is 15.6. The van der Waals surface area contributed by atoms with Crippen molar-refractivity contribution in [2.45, 2.75) is 59.5 Å². The minimum atomic E-state index is -0.853. The molecule has 1 atom stereocenters.